The zero-order valence-corrected chi connectivity index (χ0v) is 12.9. The van der Waals surface area contributed by atoms with Gasteiger partial charge in [0.1, 0.15) is 0 Å². The normalized spacial score (nSPS) is 37.0. The van der Waals surface area contributed by atoms with Crippen molar-refractivity contribution in [3.63, 3.8) is 0 Å². The van der Waals surface area contributed by atoms with Crippen LogP contribution in [0, 0.1) is 5.92 Å². The van der Waals surface area contributed by atoms with Crippen LogP contribution in [0.1, 0.15) is 56.2 Å². The van der Waals surface area contributed by atoms with E-state index >= 15 is 0 Å². The smallest absolute Gasteiger partial charge is 0.226 e. The van der Waals surface area contributed by atoms with E-state index in [1.54, 1.807) is 0 Å². The fourth-order valence-electron chi connectivity index (χ4n) is 4.48. The van der Waals surface area contributed by atoms with Crippen molar-refractivity contribution in [1.29, 1.82) is 0 Å². The molecule has 0 spiro atoms. The minimum absolute atomic E-state index is 0.515. The van der Waals surface area contributed by atoms with Crippen LogP contribution in [0.25, 0.3) is 0 Å². The molecular weight excluding hydrogens is 264 g/mol. The summed E-state index contributed by atoms with van der Waals surface area (Å²) in [7, 11) is 2.27. The van der Waals surface area contributed by atoms with E-state index in [4.69, 9.17) is 9.51 Å². The topological polar surface area (TPSA) is 54.2 Å². The maximum absolute atomic E-state index is 5.54. The van der Waals surface area contributed by atoms with Gasteiger partial charge in [-0.1, -0.05) is 5.16 Å². The largest absolute Gasteiger partial charge is 0.339 e. The molecule has 3 saturated heterocycles. The van der Waals surface area contributed by atoms with E-state index < -0.39 is 0 Å². The zero-order valence-electron chi connectivity index (χ0n) is 12.9. The Labute approximate surface area is 126 Å². The second-order valence-corrected chi connectivity index (χ2v) is 7.18. The Bertz CT molecular complexity index is 468. The van der Waals surface area contributed by atoms with Gasteiger partial charge in [0.2, 0.25) is 5.89 Å². The Morgan fingerprint density at radius 3 is 2.76 bits per heavy atom. The van der Waals surface area contributed by atoms with Gasteiger partial charge in [-0.2, -0.15) is 4.98 Å². The van der Waals surface area contributed by atoms with Crippen LogP contribution in [-0.2, 0) is 6.42 Å². The first-order valence-electron chi connectivity index (χ1n) is 8.54. The SMILES string of the molecule is CN1C2CCC1CC(c1noc(CC3CCCNC3)n1)C2. The monoisotopic (exact) mass is 290 g/mol. The number of hydrogen-bond acceptors (Lipinski definition) is 5. The first-order chi connectivity index (χ1) is 10.3. The van der Waals surface area contributed by atoms with Crippen molar-refractivity contribution in [3.8, 4) is 0 Å². The van der Waals surface area contributed by atoms with Crippen LogP contribution in [0.2, 0.25) is 0 Å². The van der Waals surface area contributed by atoms with E-state index in [2.05, 4.69) is 22.4 Å². The second-order valence-electron chi connectivity index (χ2n) is 7.18. The highest BCUT2D eigenvalue weighted by molar-refractivity contribution is 5.05. The van der Waals surface area contributed by atoms with E-state index in [0.29, 0.717) is 11.8 Å². The highest BCUT2D eigenvalue weighted by atomic mass is 16.5. The molecule has 21 heavy (non-hydrogen) atoms. The summed E-state index contributed by atoms with van der Waals surface area (Å²) in [5, 5.41) is 7.76. The molecule has 0 amide bonds. The fourth-order valence-corrected chi connectivity index (χ4v) is 4.48. The van der Waals surface area contributed by atoms with Crippen LogP contribution < -0.4 is 5.32 Å². The average molecular weight is 290 g/mol. The Hall–Kier alpha value is -0.940. The summed E-state index contributed by atoms with van der Waals surface area (Å²) in [5.74, 6) is 3.00. The van der Waals surface area contributed by atoms with E-state index in [1.807, 2.05) is 0 Å². The van der Waals surface area contributed by atoms with E-state index in [9.17, 15) is 0 Å². The van der Waals surface area contributed by atoms with Gasteiger partial charge in [-0.05, 0) is 64.6 Å². The molecule has 3 aliphatic rings. The lowest BCUT2D eigenvalue weighted by Gasteiger charge is -2.34. The lowest BCUT2D eigenvalue weighted by molar-refractivity contribution is 0.157. The van der Waals surface area contributed by atoms with Crippen LogP contribution in [0.4, 0.5) is 0 Å². The number of fused-ring (bicyclic) bond motifs is 2. The maximum atomic E-state index is 5.54. The van der Waals surface area contributed by atoms with Gasteiger partial charge in [-0.3, -0.25) is 0 Å². The van der Waals surface area contributed by atoms with Crippen molar-refractivity contribution in [2.24, 2.45) is 5.92 Å². The molecular formula is C16H26N4O. The average Bonchev–Trinajstić information content (AvgIpc) is 3.02. The van der Waals surface area contributed by atoms with Crippen molar-refractivity contribution in [1.82, 2.24) is 20.4 Å². The number of nitrogens with one attached hydrogen (secondary N) is 1. The summed E-state index contributed by atoms with van der Waals surface area (Å²) in [6.07, 6.45) is 8.59. The van der Waals surface area contributed by atoms with Gasteiger partial charge in [-0.15, -0.1) is 0 Å². The predicted octanol–water partition coefficient (Wildman–Crippen LogP) is 1.95. The van der Waals surface area contributed by atoms with E-state index in [0.717, 1.165) is 43.3 Å². The van der Waals surface area contributed by atoms with E-state index in [-0.39, 0.29) is 0 Å². The highest BCUT2D eigenvalue weighted by Crippen LogP contribution is 2.41. The minimum atomic E-state index is 0.515. The van der Waals surface area contributed by atoms with Crippen LogP contribution in [-0.4, -0.2) is 47.3 Å². The molecule has 4 rings (SSSR count). The minimum Gasteiger partial charge on any atom is -0.339 e. The van der Waals surface area contributed by atoms with Gasteiger partial charge in [-0.25, -0.2) is 0 Å². The van der Waals surface area contributed by atoms with E-state index in [1.165, 1.54) is 38.5 Å². The molecule has 0 aliphatic carbocycles. The Kier molecular flexibility index (Phi) is 3.71. The van der Waals surface area contributed by atoms with Crippen LogP contribution >= 0.6 is 0 Å². The summed E-state index contributed by atoms with van der Waals surface area (Å²) in [6, 6.07) is 1.47. The number of rotatable bonds is 3. The number of aromatic nitrogens is 2. The third kappa shape index (κ3) is 2.73. The summed E-state index contributed by atoms with van der Waals surface area (Å²) in [6.45, 7) is 2.25. The highest BCUT2D eigenvalue weighted by Gasteiger charge is 2.40. The fraction of sp³-hybridized carbons (Fsp3) is 0.875. The number of hydrogen-bond donors (Lipinski definition) is 1. The van der Waals surface area contributed by atoms with Gasteiger partial charge in [0, 0.05) is 24.4 Å². The van der Waals surface area contributed by atoms with Gasteiger partial charge in [0.25, 0.3) is 0 Å². The van der Waals surface area contributed by atoms with Crippen LogP contribution in [0.5, 0.6) is 0 Å². The molecule has 1 aromatic heterocycles. The second kappa shape index (κ2) is 5.69. The van der Waals surface area contributed by atoms with Crippen LogP contribution in [0.3, 0.4) is 0 Å². The molecule has 0 radical (unpaired) electrons. The molecule has 0 aromatic carbocycles. The Morgan fingerprint density at radius 1 is 1.24 bits per heavy atom. The van der Waals surface area contributed by atoms with Crippen molar-refractivity contribution in [2.75, 3.05) is 20.1 Å². The lowest BCUT2D eigenvalue weighted by Crippen LogP contribution is -2.39. The van der Waals surface area contributed by atoms with Gasteiger partial charge < -0.3 is 14.7 Å². The predicted molar refractivity (Wildman–Crippen MR) is 80.1 cm³/mol. The molecule has 5 heteroatoms. The van der Waals surface area contributed by atoms with Crippen LogP contribution in [0.15, 0.2) is 4.52 Å². The zero-order chi connectivity index (χ0) is 14.2. The first-order valence-corrected chi connectivity index (χ1v) is 8.54. The molecule has 2 bridgehead atoms. The number of nitrogens with zero attached hydrogens (tertiary/aromatic N) is 3. The molecule has 5 nitrogen and oxygen atoms in total. The molecule has 0 saturated carbocycles. The summed E-state index contributed by atoms with van der Waals surface area (Å²) < 4.78 is 5.54. The maximum Gasteiger partial charge on any atom is 0.226 e. The lowest BCUT2D eigenvalue weighted by atomic mass is 9.90. The number of piperidine rings is 2. The molecule has 1 N–H and O–H groups in total. The van der Waals surface area contributed by atoms with Crippen molar-refractivity contribution >= 4 is 0 Å². The van der Waals surface area contributed by atoms with Crippen molar-refractivity contribution < 1.29 is 4.52 Å². The molecule has 116 valence electrons. The quantitative estimate of drug-likeness (QED) is 0.922. The standard InChI is InChI=1S/C16H26N4O/c1-20-13-4-5-14(20)9-12(8-13)16-18-15(21-19-16)7-11-3-2-6-17-10-11/h11-14,17H,2-10H2,1H3. The van der Waals surface area contributed by atoms with Gasteiger partial charge in [0.15, 0.2) is 5.82 Å². The molecule has 3 atom stereocenters. The molecule has 3 fully saturated rings. The van der Waals surface area contributed by atoms with Gasteiger partial charge in [0.05, 0.1) is 0 Å². The Morgan fingerprint density at radius 2 is 2.05 bits per heavy atom. The molecule has 3 unspecified atom stereocenters. The third-order valence-electron chi connectivity index (χ3n) is 5.81. The first kappa shape index (κ1) is 13.7. The Balaban J connectivity index is 1.40. The molecule has 1 aromatic rings. The summed E-state index contributed by atoms with van der Waals surface area (Å²) in [4.78, 5) is 7.29. The summed E-state index contributed by atoms with van der Waals surface area (Å²) in [5.41, 5.74) is 0. The molecule has 3 aliphatic heterocycles. The summed E-state index contributed by atoms with van der Waals surface area (Å²) >= 11 is 0. The molecule has 4 heterocycles. The van der Waals surface area contributed by atoms with Crippen molar-refractivity contribution in [3.05, 3.63) is 11.7 Å². The third-order valence-corrected chi connectivity index (χ3v) is 5.81. The van der Waals surface area contributed by atoms with Crippen molar-refractivity contribution in [2.45, 2.75) is 62.9 Å². The van der Waals surface area contributed by atoms with Gasteiger partial charge >= 0.3 is 0 Å².